The molecule has 1 aliphatic heterocycles. The molecular formula is C12H17N5O5. The minimum Gasteiger partial charge on any atom is -0.394 e. The number of aliphatic hydroxyl groups excluding tert-OH is 2. The Labute approximate surface area is 125 Å². The van der Waals surface area contributed by atoms with Crippen LogP contribution in [0.3, 0.4) is 0 Å². The summed E-state index contributed by atoms with van der Waals surface area (Å²) in [4.78, 5) is 13.0. The van der Waals surface area contributed by atoms with Crippen molar-refractivity contribution in [2.75, 3.05) is 19.2 Å². The maximum atomic E-state index is 10.5. The SMILES string of the molecule is CONc1ncnc2c1cnn2C1O[C@H](CO)[C@@H](O)[C@@]1(C)O. The molecule has 3 rings (SSSR count). The van der Waals surface area contributed by atoms with E-state index >= 15 is 0 Å². The molecule has 0 amide bonds. The molecule has 1 fully saturated rings. The summed E-state index contributed by atoms with van der Waals surface area (Å²) in [5.74, 6) is 0.413. The average molecular weight is 311 g/mol. The molecule has 4 N–H and O–H groups in total. The van der Waals surface area contributed by atoms with Crippen molar-refractivity contribution in [3.05, 3.63) is 12.5 Å². The Hall–Kier alpha value is -1.85. The van der Waals surface area contributed by atoms with E-state index in [0.29, 0.717) is 16.9 Å². The number of aromatic nitrogens is 4. The number of hydrogen-bond donors (Lipinski definition) is 4. The molecule has 0 aliphatic carbocycles. The van der Waals surface area contributed by atoms with Crippen LogP contribution in [0.25, 0.3) is 11.0 Å². The molecule has 10 nitrogen and oxygen atoms in total. The number of fused-ring (bicyclic) bond motifs is 1. The molecule has 1 aliphatic rings. The number of ether oxygens (including phenoxy) is 1. The van der Waals surface area contributed by atoms with E-state index in [1.165, 1.54) is 31.2 Å². The Morgan fingerprint density at radius 2 is 2.27 bits per heavy atom. The second-order valence-corrected chi connectivity index (χ2v) is 5.24. The van der Waals surface area contributed by atoms with E-state index in [-0.39, 0.29) is 0 Å². The highest BCUT2D eigenvalue weighted by Crippen LogP contribution is 2.39. The summed E-state index contributed by atoms with van der Waals surface area (Å²) in [6, 6.07) is 0. The van der Waals surface area contributed by atoms with Crippen LogP contribution < -0.4 is 5.48 Å². The van der Waals surface area contributed by atoms with E-state index in [9.17, 15) is 15.3 Å². The van der Waals surface area contributed by atoms with Gasteiger partial charge < -0.3 is 20.1 Å². The van der Waals surface area contributed by atoms with E-state index in [2.05, 4.69) is 20.5 Å². The summed E-state index contributed by atoms with van der Waals surface area (Å²) in [6.07, 6.45) is -0.347. The summed E-state index contributed by atoms with van der Waals surface area (Å²) in [7, 11) is 1.45. The zero-order chi connectivity index (χ0) is 15.9. The zero-order valence-corrected chi connectivity index (χ0v) is 12.0. The number of anilines is 1. The van der Waals surface area contributed by atoms with Crippen LogP contribution in [0, 0.1) is 0 Å². The highest BCUT2D eigenvalue weighted by atomic mass is 16.6. The fraction of sp³-hybridized carbons (Fsp3) is 0.583. The zero-order valence-electron chi connectivity index (χ0n) is 12.0. The first-order valence-corrected chi connectivity index (χ1v) is 6.64. The quantitative estimate of drug-likeness (QED) is 0.513. The molecular weight excluding hydrogens is 294 g/mol. The fourth-order valence-electron chi connectivity index (χ4n) is 2.56. The second kappa shape index (κ2) is 5.41. The fourth-order valence-corrected chi connectivity index (χ4v) is 2.56. The molecule has 3 heterocycles. The Bertz CT molecular complexity index is 675. The van der Waals surface area contributed by atoms with Crippen LogP contribution in [0.2, 0.25) is 0 Å². The van der Waals surface area contributed by atoms with Crippen molar-refractivity contribution in [2.45, 2.75) is 31.0 Å². The van der Waals surface area contributed by atoms with Gasteiger partial charge in [0.05, 0.1) is 25.3 Å². The smallest absolute Gasteiger partial charge is 0.183 e. The molecule has 2 aromatic heterocycles. The lowest BCUT2D eigenvalue weighted by atomic mass is 9.97. The minimum atomic E-state index is -1.63. The van der Waals surface area contributed by atoms with Crippen LogP contribution in [0.1, 0.15) is 13.2 Å². The monoisotopic (exact) mass is 311 g/mol. The maximum absolute atomic E-state index is 10.5. The second-order valence-electron chi connectivity index (χ2n) is 5.24. The summed E-state index contributed by atoms with van der Waals surface area (Å²) < 4.78 is 6.87. The van der Waals surface area contributed by atoms with Gasteiger partial charge in [0.2, 0.25) is 0 Å². The Morgan fingerprint density at radius 1 is 1.50 bits per heavy atom. The molecule has 4 atom stereocenters. The van der Waals surface area contributed by atoms with Gasteiger partial charge in [0.15, 0.2) is 17.7 Å². The Morgan fingerprint density at radius 3 is 2.91 bits per heavy atom. The molecule has 0 saturated carbocycles. The molecule has 1 unspecified atom stereocenters. The van der Waals surface area contributed by atoms with Gasteiger partial charge in [-0.15, -0.1) is 0 Å². The molecule has 120 valence electrons. The van der Waals surface area contributed by atoms with Gasteiger partial charge >= 0.3 is 0 Å². The van der Waals surface area contributed by atoms with Crippen molar-refractivity contribution < 1.29 is 24.9 Å². The van der Waals surface area contributed by atoms with Crippen molar-refractivity contribution in [3.8, 4) is 0 Å². The van der Waals surface area contributed by atoms with Crippen LogP contribution in [-0.2, 0) is 9.57 Å². The van der Waals surface area contributed by atoms with Gasteiger partial charge in [-0.05, 0) is 6.92 Å². The third-order valence-corrected chi connectivity index (χ3v) is 3.75. The van der Waals surface area contributed by atoms with Gasteiger partial charge in [-0.1, -0.05) is 0 Å². The lowest BCUT2D eigenvalue weighted by Crippen LogP contribution is -2.44. The average Bonchev–Trinajstić information content (AvgIpc) is 3.01. The number of aliphatic hydroxyl groups is 3. The predicted octanol–water partition coefficient (Wildman–Crippen LogP) is -1.20. The molecule has 1 saturated heterocycles. The lowest BCUT2D eigenvalue weighted by Gasteiger charge is -2.26. The first kappa shape index (κ1) is 15.1. The number of rotatable bonds is 4. The van der Waals surface area contributed by atoms with E-state index in [4.69, 9.17) is 9.57 Å². The first-order valence-electron chi connectivity index (χ1n) is 6.64. The number of hydrogen-bond acceptors (Lipinski definition) is 9. The van der Waals surface area contributed by atoms with Crippen LogP contribution in [0.4, 0.5) is 5.82 Å². The summed E-state index contributed by atoms with van der Waals surface area (Å²) in [6.45, 7) is 0.999. The molecule has 2 aromatic rings. The van der Waals surface area contributed by atoms with E-state index in [0.717, 1.165) is 0 Å². The Balaban J connectivity index is 2.06. The highest BCUT2D eigenvalue weighted by Gasteiger charge is 2.53. The molecule has 0 bridgehead atoms. The van der Waals surface area contributed by atoms with Crippen molar-refractivity contribution in [1.29, 1.82) is 0 Å². The van der Waals surface area contributed by atoms with E-state index < -0.39 is 30.6 Å². The normalized spacial score (nSPS) is 31.8. The van der Waals surface area contributed by atoms with Crippen molar-refractivity contribution >= 4 is 16.9 Å². The number of nitrogens with one attached hydrogen (secondary N) is 1. The van der Waals surface area contributed by atoms with E-state index in [1.54, 1.807) is 0 Å². The standard InChI is InChI=1S/C12H17N5O5/c1-12(20)8(19)7(4-18)22-11(12)17-10-6(3-15-17)9(16-21-2)13-5-14-10/h3,5,7-8,11,18-20H,4H2,1-2H3,(H,13,14,16)/t7-,8-,11?,12-/m1/s1. The predicted molar refractivity (Wildman–Crippen MR) is 73.6 cm³/mol. The highest BCUT2D eigenvalue weighted by molar-refractivity contribution is 5.85. The van der Waals surface area contributed by atoms with Gasteiger partial charge in [0.1, 0.15) is 24.1 Å². The van der Waals surface area contributed by atoms with Gasteiger partial charge in [-0.2, -0.15) is 5.10 Å². The van der Waals surface area contributed by atoms with Crippen LogP contribution >= 0.6 is 0 Å². The minimum absolute atomic E-state index is 0.394. The van der Waals surface area contributed by atoms with Crippen LogP contribution in [0.15, 0.2) is 12.5 Å². The van der Waals surface area contributed by atoms with E-state index in [1.807, 2.05) is 0 Å². The van der Waals surface area contributed by atoms with Gasteiger partial charge in [-0.25, -0.2) is 20.1 Å². The van der Waals surface area contributed by atoms with Crippen LogP contribution in [-0.4, -0.2) is 66.6 Å². The van der Waals surface area contributed by atoms with Crippen molar-refractivity contribution in [2.24, 2.45) is 0 Å². The molecule has 10 heteroatoms. The van der Waals surface area contributed by atoms with Crippen LogP contribution in [0.5, 0.6) is 0 Å². The molecule has 0 radical (unpaired) electrons. The third kappa shape index (κ3) is 2.12. The maximum Gasteiger partial charge on any atom is 0.183 e. The molecule has 22 heavy (non-hydrogen) atoms. The number of nitrogens with zero attached hydrogens (tertiary/aromatic N) is 4. The van der Waals surface area contributed by atoms with Crippen molar-refractivity contribution in [3.63, 3.8) is 0 Å². The largest absolute Gasteiger partial charge is 0.394 e. The van der Waals surface area contributed by atoms with Gasteiger partial charge in [0, 0.05) is 0 Å². The van der Waals surface area contributed by atoms with Gasteiger partial charge in [-0.3, -0.25) is 4.84 Å². The molecule has 0 aromatic carbocycles. The first-order chi connectivity index (χ1) is 10.5. The molecule has 0 spiro atoms. The summed E-state index contributed by atoms with van der Waals surface area (Å²) in [5, 5.41) is 34.5. The lowest BCUT2D eigenvalue weighted by molar-refractivity contribution is -0.100. The Kier molecular flexibility index (Phi) is 3.70. The summed E-state index contributed by atoms with van der Waals surface area (Å²) in [5.41, 5.74) is 1.37. The topological polar surface area (TPSA) is 135 Å². The summed E-state index contributed by atoms with van der Waals surface area (Å²) >= 11 is 0. The van der Waals surface area contributed by atoms with Crippen molar-refractivity contribution in [1.82, 2.24) is 19.7 Å². The third-order valence-electron chi connectivity index (χ3n) is 3.75. The van der Waals surface area contributed by atoms with Gasteiger partial charge in [0.25, 0.3) is 0 Å².